The largest absolute Gasteiger partial charge is 0.289 e. The van der Waals surface area contributed by atoms with Crippen molar-refractivity contribution in [3.8, 4) is 0 Å². The smallest absolute Gasteiger partial charge is 0.220 e. The molecule has 166 valence electrons. The average Bonchev–Trinajstić information content (AvgIpc) is 2.85. The zero-order valence-electron chi connectivity index (χ0n) is 18.6. The summed E-state index contributed by atoms with van der Waals surface area (Å²) in [6.07, 6.45) is 12.0. The molecule has 2 aromatic carbocycles. The first kappa shape index (κ1) is 22.4. The molecule has 0 spiro atoms. The van der Waals surface area contributed by atoms with E-state index in [0.29, 0.717) is 23.2 Å². The van der Waals surface area contributed by atoms with E-state index in [1.165, 1.54) is 32.1 Å². The van der Waals surface area contributed by atoms with Gasteiger partial charge in [0.2, 0.25) is 9.82 Å². The highest BCUT2D eigenvalue weighted by Crippen LogP contribution is 2.42. The highest BCUT2D eigenvalue weighted by molar-refractivity contribution is 6.14. The summed E-state index contributed by atoms with van der Waals surface area (Å²) in [5, 5.41) is 7.47. The van der Waals surface area contributed by atoms with Gasteiger partial charge in [-0.15, -0.1) is 0 Å². The number of hydrogen-bond acceptors (Lipinski definition) is 5. The summed E-state index contributed by atoms with van der Waals surface area (Å²) < 4.78 is 0. The molecule has 2 fully saturated rings. The Morgan fingerprint density at radius 2 is 1.30 bits per heavy atom. The maximum atomic E-state index is 13.7. The lowest BCUT2D eigenvalue weighted by Gasteiger charge is -2.35. The van der Waals surface area contributed by atoms with Gasteiger partial charge < -0.3 is 0 Å². The fourth-order valence-electron chi connectivity index (χ4n) is 5.04. The van der Waals surface area contributed by atoms with Crippen molar-refractivity contribution in [2.24, 2.45) is 22.1 Å². The molecule has 0 aromatic heterocycles. The fourth-order valence-corrected chi connectivity index (χ4v) is 5.04. The van der Waals surface area contributed by atoms with E-state index in [9.17, 15) is 4.79 Å². The number of nitrogens with one attached hydrogen (secondary N) is 2. The van der Waals surface area contributed by atoms with Crippen LogP contribution < -0.4 is 9.82 Å². The Kier molecular flexibility index (Phi) is 7.26. The van der Waals surface area contributed by atoms with E-state index in [1.807, 2.05) is 48.6 Å². The first-order valence-corrected chi connectivity index (χ1v) is 11.5. The van der Waals surface area contributed by atoms with Crippen molar-refractivity contribution in [2.75, 3.05) is 0 Å². The van der Waals surface area contributed by atoms with Gasteiger partial charge in [-0.25, -0.2) is 0 Å². The van der Waals surface area contributed by atoms with E-state index in [1.54, 1.807) is 12.1 Å². The molecular weight excluding hydrogens is 412 g/mol. The first-order valence-electron chi connectivity index (χ1n) is 11.5. The monoisotopic (exact) mass is 440 g/mol. The van der Waals surface area contributed by atoms with Crippen molar-refractivity contribution < 1.29 is 4.79 Å². The summed E-state index contributed by atoms with van der Waals surface area (Å²) in [6, 6.07) is 14.9. The SMILES string of the molecule is N=[N+]=Nc1ccc(/C=C2\C(=O)/C(=C/c3ccc(N=[N+]=N)cc3)CCC2C2CCCCC2)cc1. The van der Waals surface area contributed by atoms with Gasteiger partial charge in [0.25, 0.3) is 0 Å². The second-order valence-electron chi connectivity index (χ2n) is 8.72. The number of allylic oxidation sites excluding steroid dienone is 2. The van der Waals surface area contributed by atoms with Gasteiger partial charge in [-0.1, -0.05) is 43.5 Å². The highest BCUT2D eigenvalue weighted by atomic mass is 16.1. The van der Waals surface area contributed by atoms with E-state index < -0.39 is 0 Å². The van der Waals surface area contributed by atoms with Crippen LogP contribution in [-0.4, -0.2) is 5.78 Å². The average molecular weight is 441 g/mol. The minimum Gasteiger partial charge on any atom is -0.289 e. The molecule has 7 heteroatoms. The number of benzene rings is 2. The Bertz CT molecular complexity index is 1160. The Balaban J connectivity index is 1.66. The summed E-state index contributed by atoms with van der Waals surface area (Å²) in [6.45, 7) is 0. The van der Waals surface area contributed by atoms with Crippen LogP contribution in [-0.2, 0) is 4.79 Å². The normalized spacial score (nSPS) is 21.5. The van der Waals surface area contributed by atoms with Crippen LogP contribution in [0.2, 0.25) is 0 Å². The standard InChI is InChI=1S/C26H28N6O/c27-31-29-22-11-6-18(7-12-22)16-21-10-15-24(20-4-2-1-3-5-20)25(26(21)33)17-19-8-13-23(14-9-19)30-32-28/h6-9,11-14,16-17,20,24,27-28H,1-5,10,15H2/q+2/b21-16+,25-17-. The van der Waals surface area contributed by atoms with Crippen molar-refractivity contribution >= 4 is 29.3 Å². The summed E-state index contributed by atoms with van der Waals surface area (Å²) in [5.41, 5.74) is 18.6. The molecule has 1 unspecified atom stereocenters. The predicted octanol–water partition coefficient (Wildman–Crippen LogP) is 7.08. The van der Waals surface area contributed by atoms with E-state index in [2.05, 4.69) is 20.1 Å². The fraction of sp³-hybridized carbons (Fsp3) is 0.346. The Morgan fingerprint density at radius 1 is 0.758 bits per heavy atom. The van der Waals surface area contributed by atoms with Crippen LogP contribution in [0.5, 0.6) is 0 Å². The van der Waals surface area contributed by atoms with Crippen LogP contribution in [0, 0.1) is 22.9 Å². The summed E-state index contributed by atoms with van der Waals surface area (Å²) in [5.74, 6) is 1.01. The minimum absolute atomic E-state index is 0.140. The topological polar surface area (TPSA) is 118 Å². The van der Waals surface area contributed by atoms with Crippen molar-refractivity contribution in [1.29, 1.82) is 11.1 Å². The molecule has 0 bridgehead atoms. The van der Waals surface area contributed by atoms with Gasteiger partial charge in [0, 0.05) is 11.1 Å². The highest BCUT2D eigenvalue weighted by Gasteiger charge is 2.34. The number of hydrogen-bond donors (Lipinski definition) is 2. The maximum absolute atomic E-state index is 13.7. The molecule has 0 amide bonds. The van der Waals surface area contributed by atoms with E-state index in [0.717, 1.165) is 35.1 Å². The van der Waals surface area contributed by atoms with Crippen LogP contribution in [0.15, 0.2) is 69.9 Å². The molecule has 7 nitrogen and oxygen atoms in total. The predicted molar refractivity (Wildman–Crippen MR) is 127 cm³/mol. The Morgan fingerprint density at radius 3 is 1.85 bits per heavy atom. The molecule has 0 aliphatic heterocycles. The number of carbonyl (C=O) groups is 1. The summed E-state index contributed by atoms with van der Waals surface area (Å²) >= 11 is 0. The first-order chi connectivity index (χ1) is 16.2. The van der Waals surface area contributed by atoms with Gasteiger partial charge in [0.1, 0.15) is 11.1 Å². The number of carbonyl (C=O) groups excluding carboxylic acids is 1. The zero-order valence-corrected chi connectivity index (χ0v) is 18.6. The Hall–Kier alpha value is -3.79. The third kappa shape index (κ3) is 5.53. The number of ketones is 1. The maximum Gasteiger partial charge on any atom is 0.220 e. The van der Waals surface area contributed by atoms with Crippen LogP contribution in [0.3, 0.4) is 0 Å². The Labute approximate surface area is 193 Å². The zero-order chi connectivity index (χ0) is 23.0. The quantitative estimate of drug-likeness (QED) is 0.288. The van der Waals surface area contributed by atoms with Crippen LogP contribution >= 0.6 is 0 Å². The molecule has 0 radical (unpaired) electrons. The lowest BCUT2D eigenvalue weighted by Crippen LogP contribution is -2.28. The van der Waals surface area contributed by atoms with Crippen molar-refractivity contribution in [1.82, 2.24) is 9.82 Å². The molecule has 4 rings (SSSR count). The second kappa shape index (κ2) is 10.7. The third-order valence-corrected chi connectivity index (χ3v) is 6.68. The van der Waals surface area contributed by atoms with Crippen molar-refractivity contribution in [3.63, 3.8) is 0 Å². The van der Waals surface area contributed by atoms with Gasteiger partial charge in [0.15, 0.2) is 27.4 Å². The lowest BCUT2D eigenvalue weighted by molar-refractivity contribution is -0.113. The third-order valence-electron chi connectivity index (χ3n) is 6.68. The van der Waals surface area contributed by atoms with Gasteiger partial charge in [-0.05, 0) is 85.1 Å². The van der Waals surface area contributed by atoms with E-state index >= 15 is 0 Å². The molecule has 0 saturated heterocycles. The number of rotatable bonds is 5. The molecule has 2 aromatic rings. The second-order valence-corrected chi connectivity index (χ2v) is 8.72. The van der Waals surface area contributed by atoms with Gasteiger partial charge in [-0.3, -0.25) is 4.79 Å². The van der Waals surface area contributed by atoms with E-state index in [4.69, 9.17) is 11.1 Å². The number of nitrogens with zero attached hydrogens (tertiary/aromatic N) is 4. The molecule has 2 aliphatic rings. The number of Topliss-reactive ketones (excluding diaryl/α,β-unsaturated/α-hetero) is 1. The van der Waals surface area contributed by atoms with Gasteiger partial charge >= 0.3 is 0 Å². The van der Waals surface area contributed by atoms with Crippen molar-refractivity contribution in [2.45, 2.75) is 44.9 Å². The molecule has 0 heterocycles. The van der Waals surface area contributed by atoms with Crippen LogP contribution in [0.25, 0.3) is 12.2 Å². The van der Waals surface area contributed by atoms with E-state index in [-0.39, 0.29) is 5.78 Å². The summed E-state index contributed by atoms with van der Waals surface area (Å²) in [4.78, 5) is 19.8. The van der Waals surface area contributed by atoms with Gasteiger partial charge in [0.05, 0.1) is 0 Å². The molecular formula is C26H28N6O+2. The van der Waals surface area contributed by atoms with Crippen LogP contribution in [0.4, 0.5) is 11.4 Å². The van der Waals surface area contributed by atoms with Crippen LogP contribution in [0.1, 0.15) is 56.1 Å². The molecule has 33 heavy (non-hydrogen) atoms. The van der Waals surface area contributed by atoms with Gasteiger partial charge in [-0.2, -0.15) is 0 Å². The molecule has 2 N–H and O–H groups in total. The summed E-state index contributed by atoms with van der Waals surface area (Å²) in [7, 11) is 0. The molecule has 2 saturated carbocycles. The lowest BCUT2D eigenvalue weighted by atomic mass is 9.69. The van der Waals surface area contributed by atoms with Crippen molar-refractivity contribution in [3.05, 3.63) is 70.8 Å². The molecule has 1 atom stereocenters. The molecule has 2 aliphatic carbocycles. The minimum atomic E-state index is 0.140.